The minimum atomic E-state index is -0.0941. The summed E-state index contributed by atoms with van der Waals surface area (Å²) in [5.41, 5.74) is 2.16. The fourth-order valence-electron chi connectivity index (χ4n) is 2.42. The third-order valence-corrected chi connectivity index (χ3v) is 4.66. The van der Waals surface area contributed by atoms with Crippen molar-refractivity contribution in [3.8, 4) is 5.75 Å². The van der Waals surface area contributed by atoms with Crippen LogP contribution in [-0.2, 0) is 13.1 Å². The van der Waals surface area contributed by atoms with E-state index in [1.54, 1.807) is 6.07 Å². The average Bonchev–Trinajstić information content (AvgIpc) is 2.55. The molecule has 0 spiro atoms. The first-order valence-corrected chi connectivity index (χ1v) is 8.66. The van der Waals surface area contributed by atoms with E-state index in [0.717, 1.165) is 17.9 Å². The Labute approximate surface area is 184 Å². The third kappa shape index (κ3) is 8.44. The van der Waals surface area contributed by atoms with Crippen molar-refractivity contribution in [1.82, 2.24) is 9.80 Å². The highest BCUT2D eigenvalue weighted by Crippen LogP contribution is 2.34. The van der Waals surface area contributed by atoms with Gasteiger partial charge in [-0.15, -0.1) is 24.8 Å². The van der Waals surface area contributed by atoms with Gasteiger partial charge in [0.15, 0.2) is 0 Å². The highest BCUT2D eigenvalue weighted by molar-refractivity contribution is 6.42. The Hall–Kier alpha value is -0.720. The lowest BCUT2D eigenvalue weighted by atomic mass is 10.2. The molecule has 0 aliphatic rings. The van der Waals surface area contributed by atoms with E-state index in [9.17, 15) is 0 Å². The van der Waals surface area contributed by atoms with Crippen LogP contribution in [0.2, 0.25) is 10.0 Å². The van der Waals surface area contributed by atoms with E-state index >= 15 is 0 Å². The second kappa shape index (κ2) is 13.5. The smallest absolute Gasteiger partial charge is 0.149 e. The lowest BCUT2D eigenvalue weighted by Gasteiger charge is -2.27. The Bertz CT molecular complexity index is 672. The van der Waals surface area contributed by atoms with E-state index in [2.05, 4.69) is 17.0 Å². The Morgan fingerprint density at radius 1 is 0.926 bits per heavy atom. The van der Waals surface area contributed by atoms with Crippen LogP contribution in [0.4, 0.5) is 0 Å². The number of hydrogen-bond acceptors (Lipinski definition) is 3. The summed E-state index contributed by atoms with van der Waals surface area (Å²) in [4.78, 5) is 4.19. The number of halogens is 4. The summed E-state index contributed by atoms with van der Waals surface area (Å²) in [5, 5.41) is 1.10. The highest BCUT2D eigenvalue weighted by Gasteiger charge is 2.17. The topological polar surface area (TPSA) is 47.2 Å². The molecule has 1 atom stereocenters. The Balaban J connectivity index is 0. The number of benzene rings is 2. The fraction of sp³-hybridized carbons (Fsp3) is 0.368. The standard InChI is InChI=1S/C19H24Cl2N2O.2ClH.H2O/c1-14(23(4)12-15-8-6-5-7-9-15)24-18-11-10-17(20)19(21)16(18)13-22(2)3;;;/h5-11,14H,12-13H2,1-4H3;2*1H;1H2. The second-order valence-electron chi connectivity index (χ2n) is 6.19. The van der Waals surface area contributed by atoms with Gasteiger partial charge < -0.3 is 15.1 Å². The Morgan fingerprint density at radius 3 is 2.07 bits per heavy atom. The van der Waals surface area contributed by atoms with E-state index in [1.807, 2.05) is 57.2 Å². The molecule has 0 bridgehead atoms. The fourth-order valence-corrected chi connectivity index (χ4v) is 2.82. The summed E-state index contributed by atoms with van der Waals surface area (Å²) in [7, 11) is 6.03. The maximum Gasteiger partial charge on any atom is 0.149 e. The van der Waals surface area contributed by atoms with Crippen LogP contribution in [0.5, 0.6) is 5.75 Å². The molecule has 2 aromatic rings. The first-order chi connectivity index (χ1) is 11.4. The van der Waals surface area contributed by atoms with Gasteiger partial charge in [-0.2, -0.15) is 0 Å². The molecule has 8 heteroatoms. The SMILES string of the molecule is CC(Oc1ccc(Cl)c(Cl)c1CN(C)C)N(C)Cc1ccccc1.Cl.Cl.O. The number of nitrogens with zero attached hydrogens (tertiary/aromatic N) is 2. The summed E-state index contributed by atoms with van der Waals surface area (Å²) in [6.07, 6.45) is -0.0941. The predicted octanol–water partition coefficient (Wildman–Crippen LogP) is 4.93. The molecule has 0 aliphatic carbocycles. The first kappa shape index (κ1) is 28.5. The predicted molar refractivity (Wildman–Crippen MR) is 120 cm³/mol. The normalized spacial score (nSPS) is 11.3. The summed E-state index contributed by atoms with van der Waals surface area (Å²) < 4.78 is 6.17. The van der Waals surface area contributed by atoms with Crippen molar-refractivity contribution >= 4 is 48.0 Å². The zero-order valence-electron chi connectivity index (χ0n) is 15.9. The molecule has 0 saturated heterocycles. The molecule has 4 nitrogen and oxygen atoms in total. The molecule has 0 radical (unpaired) electrons. The first-order valence-electron chi connectivity index (χ1n) is 7.91. The van der Waals surface area contributed by atoms with Gasteiger partial charge in [-0.25, -0.2) is 0 Å². The lowest BCUT2D eigenvalue weighted by Crippen LogP contribution is -2.33. The highest BCUT2D eigenvalue weighted by atomic mass is 35.5. The molecule has 2 aromatic carbocycles. The van der Waals surface area contributed by atoms with Gasteiger partial charge in [0.05, 0.1) is 10.0 Å². The van der Waals surface area contributed by atoms with E-state index in [1.165, 1.54) is 5.56 Å². The van der Waals surface area contributed by atoms with E-state index in [4.69, 9.17) is 27.9 Å². The summed E-state index contributed by atoms with van der Waals surface area (Å²) in [5.74, 6) is 0.769. The van der Waals surface area contributed by atoms with E-state index in [-0.39, 0.29) is 36.5 Å². The van der Waals surface area contributed by atoms with Gasteiger partial charge in [0.1, 0.15) is 12.0 Å². The molecule has 2 N–H and O–H groups in total. The van der Waals surface area contributed by atoms with Gasteiger partial charge in [-0.1, -0.05) is 53.5 Å². The van der Waals surface area contributed by atoms with Crippen molar-refractivity contribution in [2.45, 2.75) is 26.2 Å². The molecular weight excluding hydrogens is 430 g/mol. The Kier molecular flexibility index (Phi) is 14.2. The minimum absolute atomic E-state index is 0. The number of hydrogen-bond donors (Lipinski definition) is 0. The molecule has 0 saturated carbocycles. The van der Waals surface area contributed by atoms with Crippen molar-refractivity contribution in [1.29, 1.82) is 0 Å². The molecule has 0 fully saturated rings. The largest absolute Gasteiger partial charge is 0.475 e. The van der Waals surface area contributed by atoms with Crippen LogP contribution in [0, 0.1) is 0 Å². The summed E-state index contributed by atoms with van der Waals surface area (Å²) in [6, 6.07) is 14.0. The van der Waals surface area contributed by atoms with Crippen molar-refractivity contribution in [3.05, 3.63) is 63.6 Å². The molecule has 0 amide bonds. The van der Waals surface area contributed by atoms with Crippen molar-refractivity contribution in [3.63, 3.8) is 0 Å². The van der Waals surface area contributed by atoms with E-state index in [0.29, 0.717) is 16.6 Å². The van der Waals surface area contributed by atoms with Gasteiger partial charge in [0.25, 0.3) is 0 Å². The van der Waals surface area contributed by atoms with Crippen molar-refractivity contribution in [2.24, 2.45) is 0 Å². The molecule has 0 heterocycles. The molecule has 27 heavy (non-hydrogen) atoms. The van der Waals surface area contributed by atoms with Crippen LogP contribution in [0.3, 0.4) is 0 Å². The average molecular weight is 458 g/mol. The minimum Gasteiger partial charge on any atom is -0.475 e. The quantitative estimate of drug-likeness (QED) is 0.553. The van der Waals surface area contributed by atoms with Gasteiger partial charge >= 0.3 is 0 Å². The van der Waals surface area contributed by atoms with Gasteiger partial charge in [0, 0.05) is 18.7 Å². The zero-order chi connectivity index (χ0) is 17.7. The van der Waals surface area contributed by atoms with Gasteiger partial charge in [0.2, 0.25) is 0 Å². The van der Waals surface area contributed by atoms with Crippen LogP contribution in [0.1, 0.15) is 18.1 Å². The lowest BCUT2D eigenvalue weighted by molar-refractivity contribution is 0.0537. The maximum absolute atomic E-state index is 6.38. The molecular formula is C19H28Cl4N2O2. The molecule has 154 valence electrons. The van der Waals surface area contributed by atoms with Crippen molar-refractivity contribution < 1.29 is 10.2 Å². The molecule has 0 aromatic heterocycles. The second-order valence-corrected chi connectivity index (χ2v) is 6.98. The summed E-state index contributed by atoms with van der Waals surface area (Å²) >= 11 is 12.5. The zero-order valence-corrected chi connectivity index (χ0v) is 19.1. The number of ether oxygens (including phenoxy) is 1. The molecule has 0 aliphatic heterocycles. The van der Waals surface area contributed by atoms with Crippen LogP contribution in [0.15, 0.2) is 42.5 Å². The van der Waals surface area contributed by atoms with Gasteiger partial charge in [-0.05, 0) is 45.8 Å². The van der Waals surface area contributed by atoms with Crippen LogP contribution < -0.4 is 4.74 Å². The summed E-state index contributed by atoms with van der Waals surface area (Å²) in [6.45, 7) is 3.51. The third-order valence-electron chi connectivity index (χ3n) is 3.82. The Morgan fingerprint density at radius 2 is 1.52 bits per heavy atom. The van der Waals surface area contributed by atoms with Crippen LogP contribution in [-0.4, -0.2) is 42.6 Å². The number of rotatable bonds is 7. The molecule has 2 rings (SSSR count). The van der Waals surface area contributed by atoms with Crippen molar-refractivity contribution in [2.75, 3.05) is 21.1 Å². The van der Waals surface area contributed by atoms with E-state index < -0.39 is 0 Å². The van der Waals surface area contributed by atoms with Gasteiger partial charge in [-0.3, -0.25) is 4.90 Å². The monoisotopic (exact) mass is 456 g/mol. The molecule has 1 unspecified atom stereocenters. The van der Waals surface area contributed by atoms with Crippen LogP contribution >= 0.6 is 48.0 Å². The maximum atomic E-state index is 6.38. The van der Waals surface area contributed by atoms with Crippen LogP contribution in [0.25, 0.3) is 0 Å².